The molecule has 1 N–H and O–H groups in total. The number of alkyl halides is 3. The standard InChI is InChI=1S/C21H14F3N3OS/c1-12-10-18(29-27-12)26-20(28)16-7-3-4-13-8-9-17(25-19(13)16)14-5-2-6-15(11-14)21(22,23)24/h2-11H,1H3,(H,26,28). The van der Waals surface area contributed by atoms with Crippen molar-refractivity contribution in [1.82, 2.24) is 9.36 Å². The number of hydrogen-bond donors (Lipinski definition) is 1. The van der Waals surface area contributed by atoms with Gasteiger partial charge in [-0.05, 0) is 48.8 Å². The summed E-state index contributed by atoms with van der Waals surface area (Å²) in [5.41, 5.74) is 1.49. The van der Waals surface area contributed by atoms with Crippen LogP contribution >= 0.6 is 11.5 Å². The number of hydrogen-bond acceptors (Lipinski definition) is 4. The van der Waals surface area contributed by atoms with Gasteiger partial charge in [0.05, 0.1) is 28.0 Å². The first-order chi connectivity index (χ1) is 13.8. The summed E-state index contributed by atoms with van der Waals surface area (Å²) in [6.07, 6.45) is -4.44. The second-order valence-corrected chi connectivity index (χ2v) is 7.24. The Morgan fingerprint density at radius 2 is 1.83 bits per heavy atom. The van der Waals surface area contributed by atoms with Crippen molar-refractivity contribution in [3.63, 3.8) is 0 Å². The maximum Gasteiger partial charge on any atom is 0.416 e. The SMILES string of the molecule is Cc1cc(NC(=O)c2cccc3ccc(-c4cccc(C(F)(F)F)c4)nc23)sn1. The highest BCUT2D eigenvalue weighted by atomic mass is 32.1. The number of aryl methyl sites for hydroxylation is 1. The van der Waals surface area contributed by atoms with Gasteiger partial charge in [-0.3, -0.25) is 4.79 Å². The van der Waals surface area contributed by atoms with Crippen LogP contribution in [0.1, 0.15) is 21.6 Å². The van der Waals surface area contributed by atoms with Crippen LogP contribution in [0.25, 0.3) is 22.2 Å². The number of benzene rings is 2. The molecule has 0 saturated carbocycles. The summed E-state index contributed by atoms with van der Waals surface area (Å²) < 4.78 is 43.2. The van der Waals surface area contributed by atoms with Gasteiger partial charge in [0.2, 0.25) is 0 Å². The minimum Gasteiger partial charge on any atom is -0.312 e. The predicted molar refractivity (Wildman–Crippen MR) is 107 cm³/mol. The molecule has 0 aliphatic heterocycles. The number of carbonyl (C=O) groups excluding carboxylic acids is 1. The lowest BCUT2D eigenvalue weighted by Gasteiger charge is -2.10. The van der Waals surface area contributed by atoms with E-state index in [4.69, 9.17) is 0 Å². The molecule has 2 aromatic heterocycles. The third-order valence-corrected chi connectivity index (χ3v) is 5.11. The van der Waals surface area contributed by atoms with Crippen LogP contribution in [0.5, 0.6) is 0 Å². The molecular formula is C21H14F3N3OS. The second-order valence-electron chi connectivity index (χ2n) is 6.44. The Morgan fingerprint density at radius 3 is 2.55 bits per heavy atom. The molecule has 29 heavy (non-hydrogen) atoms. The second kappa shape index (κ2) is 7.29. The molecule has 4 aromatic rings. The molecule has 1 amide bonds. The van der Waals surface area contributed by atoms with Crippen LogP contribution in [0.2, 0.25) is 0 Å². The molecule has 146 valence electrons. The summed E-state index contributed by atoms with van der Waals surface area (Å²) >= 11 is 1.17. The van der Waals surface area contributed by atoms with Crippen LogP contribution < -0.4 is 5.32 Å². The van der Waals surface area contributed by atoms with Crippen molar-refractivity contribution in [3.8, 4) is 11.3 Å². The van der Waals surface area contributed by atoms with Gasteiger partial charge in [0.1, 0.15) is 5.00 Å². The number of halogens is 3. The fourth-order valence-electron chi connectivity index (χ4n) is 2.95. The normalized spacial score (nSPS) is 11.6. The largest absolute Gasteiger partial charge is 0.416 e. The number of para-hydroxylation sites is 1. The zero-order chi connectivity index (χ0) is 20.6. The van der Waals surface area contributed by atoms with Crippen LogP contribution in [0.4, 0.5) is 18.2 Å². The lowest BCUT2D eigenvalue weighted by atomic mass is 10.0. The molecule has 4 rings (SSSR count). The monoisotopic (exact) mass is 413 g/mol. The summed E-state index contributed by atoms with van der Waals surface area (Å²) in [5.74, 6) is -0.354. The number of anilines is 1. The Hall–Kier alpha value is -3.26. The average molecular weight is 413 g/mol. The van der Waals surface area contributed by atoms with Gasteiger partial charge in [0, 0.05) is 10.9 Å². The molecule has 0 radical (unpaired) electrons. The number of carbonyl (C=O) groups is 1. The Balaban J connectivity index is 1.76. The Labute approximate surface area is 168 Å². The van der Waals surface area contributed by atoms with Gasteiger partial charge in [0.25, 0.3) is 5.91 Å². The fourth-order valence-corrected chi connectivity index (χ4v) is 3.60. The smallest absolute Gasteiger partial charge is 0.312 e. The average Bonchev–Trinajstić information content (AvgIpc) is 3.11. The molecule has 0 aliphatic carbocycles. The lowest BCUT2D eigenvalue weighted by molar-refractivity contribution is -0.137. The van der Waals surface area contributed by atoms with Crippen molar-refractivity contribution in [2.24, 2.45) is 0 Å². The molecule has 0 unspecified atom stereocenters. The molecule has 0 saturated heterocycles. The van der Waals surface area contributed by atoms with Gasteiger partial charge >= 0.3 is 6.18 Å². The maximum absolute atomic E-state index is 13.0. The highest BCUT2D eigenvalue weighted by Crippen LogP contribution is 2.32. The molecule has 0 aliphatic rings. The van der Waals surface area contributed by atoms with E-state index in [-0.39, 0.29) is 5.91 Å². The first-order valence-corrected chi connectivity index (χ1v) is 9.41. The third kappa shape index (κ3) is 3.97. The first kappa shape index (κ1) is 19.1. The number of fused-ring (bicyclic) bond motifs is 1. The van der Waals surface area contributed by atoms with Gasteiger partial charge in [-0.2, -0.15) is 17.5 Å². The lowest BCUT2D eigenvalue weighted by Crippen LogP contribution is -2.12. The van der Waals surface area contributed by atoms with Crippen LogP contribution in [0.15, 0.2) is 60.7 Å². The van der Waals surface area contributed by atoms with E-state index in [9.17, 15) is 18.0 Å². The Bertz CT molecular complexity index is 1220. The van der Waals surface area contributed by atoms with Crippen molar-refractivity contribution < 1.29 is 18.0 Å². The number of nitrogens with zero attached hydrogens (tertiary/aromatic N) is 2. The van der Waals surface area contributed by atoms with E-state index in [0.717, 1.165) is 17.8 Å². The van der Waals surface area contributed by atoms with Gasteiger partial charge in [0.15, 0.2) is 0 Å². The number of aromatic nitrogens is 2. The highest BCUT2D eigenvalue weighted by Gasteiger charge is 2.30. The van der Waals surface area contributed by atoms with Gasteiger partial charge < -0.3 is 5.32 Å². The molecule has 0 fully saturated rings. The molecule has 0 spiro atoms. The zero-order valence-corrected chi connectivity index (χ0v) is 15.9. The number of amides is 1. The van der Waals surface area contributed by atoms with E-state index >= 15 is 0 Å². The maximum atomic E-state index is 13.0. The van der Waals surface area contributed by atoms with E-state index in [0.29, 0.717) is 32.7 Å². The number of rotatable bonds is 3. The number of pyridine rings is 1. The van der Waals surface area contributed by atoms with Crippen molar-refractivity contribution in [2.45, 2.75) is 13.1 Å². The van der Waals surface area contributed by atoms with E-state index in [1.165, 1.54) is 17.6 Å². The van der Waals surface area contributed by atoms with Crippen molar-refractivity contribution >= 4 is 33.3 Å². The Morgan fingerprint density at radius 1 is 1.03 bits per heavy atom. The summed E-state index contributed by atoms with van der Waals surface area (Å²) in [4.78, 5) is 17.2. The molecule has 8 heteroatoms. The molecule has 0 atom stereocenters. The van der Waals surface area contributed by atoms with Crippen LogP contribution in [0, 0.1) is 6.92 Å². The summed E-state index contributed by atoms with van der Waals surface area (Å²) in [7, 11) is 0. The summed E-state index contributed by atoms with van der Waals surface area (Å²) in [5, 5.41) is 4.11. The van der Waals surface area contributed by atoms with Gasteiger partial charge in [-0.1, -0.05) is 30.3 Å². The minimum absolute atomic E-state index is 0.329. The molecule has 2 heterocycles. The van der Waals surface area contributed by atoms with Crippen molar-refractivity contribution in [1.29, 1.82) is 0 Å². The predicted octanol–water partition coefficient (Wildman–Crippen LogP) is 5.94. The first-order valence-electron chi connectivity index (χ1n) is 8.63. The van der Waals surface area contributed by atoms with Gasteiger partial charge in [-0.15, -0.1) is 0 Å². The van der Waals surface area contributed by atoms with E-state index in [1.807, 2.05) is 6.92 Å². The van der Waals surface area contributed by atoms with Gasteiger partial charge in [-0.25, -0.2) is 4.98 Å². The quantitative estimate of drug-likeness (QED) is 0.452. The van der Waals surface area contributed by atoms with Crippen molar-refractivity contribution in [3.05, 3.63) is 77.5 Å². The molecule has 2 aromatic carbocycles. The van der Waals surface area contributed by atoms with E-state index in [1.54, 1.807) is 42.5 Å². The van der Waals surface area contributed by atoms with Crippen LogP contribution in [-0.2, 0) is 6.18 Å². The zero-order valence-electron chi connectivity index (χ0n) is 15.1. The third-order valence-electron chi connectivity index (χ3n) is 4.32. The van der Waals surface area contributed by atoms with Crippen LogP contribution in [-0.4, -0.2) is 15.3 Å². The molecule has 4 nitrogen and oxygen atoms in total. The Kier molecular flexibility index (Phi) is 4.79. The summed E-state index contributed by atoms with van der Waals surface area (Å²) in [6.45, 7) is 1.83. The fraction of sp³-hybridized carbons (Fsp3) is 0.0952. The topological polar surface area (TPSA) is 54.9 Å². The number of nitrogens with one attached hydrogen (secondary N) is 1. The molecular weight excluding hydrogens is 399 g/mol. The van der Waals surface area contributed by atoms with Crippen LogP contribution in [0.3, 0.4) is 0 Å². The van der Waals surface area contributed by atoms with E-state index < -0.39 is 11.7 Å². The highest BCUT2D eigenvalue weighted by molar-refractivity contribution is 7.10. The molecule has 0 bridgehead atoms. The summed E-state index contributed by atoms with van der Waals surface area (Å²) in [6, 6.07) is 15.3. The van der Waals surface area contributed by atoms with Crippen molar-refractivity contribution in [2.75, 3.05) is 5.32 Å². The van der Waals surface area contributed by atoms with E-state index in [2.05, 4.69) is 14.7 Å². The minimum atomic E-state index is -4.44.